The van der Waals surface area contributed by atoms with E-state index in [-0.39, 0.29) is 17.6 Å². The number of fused-ring (bicyclic) bond motifs is 1. The minimum absolute atomic E-state index is 0.0748. The van der Waals surface area contributed by atoms with Crippen LogP contribution in [0.15, 0.2) is 0 Å². The lowest BCUT2D eigenvalue weighted by Gasteiger charge is -2.58. The van der Waals surface area contributed by atoms with Crippen LogP contribution in [0.1, 0.15) is 59.3 Å². The van der Waals surface area contributed by atoms with E-state index in [4.69, 9.17) is 9.47 Å². The van der Waals surface area contributed by atoms with Crippen LogP contribution in [0.4, 0.5) is 0 Å². The second-order valence-electron chi connectivity index (χ2n) is 8.31. The van der Waals surface area contributed by atoms with Gasteiger partial charge in [0.05, 0.1) is 13.2 Å². The van der Waals surface area contributed by atoms with Gasteiger partial charge in [0.15, 0.2) is 6.29 Å². The number of rotatable bonds is 3. The Balaban J connectivity index is 1.79. The van der Waals surface area contributed by atoms with Gasteiger partial charge >= 0.3 is 0 Å². The molecule has 0 aromatic heterocycles. The molecule has 1 aliphatic heterocycles. The maximum absolute atomic E-state index is 11.9. The summed E-state index contributed by atoms with van der Waals surface area (Å²) >= 11 is 0. The maximum Gasteiger partial charge on any atom is 0.158 e. The van der Waals surface area contributed by atoms with Crippen LogP contribution in [0.2, 0.25) is 0 Å². The highest BCUT2D eigenvalue weighted by molar-refractivity contribution is 5.56. The van der Waals surface area contributed by atoms with Crippen molar-refractivity contribution in [1.29, 1.82) is 0 Å². The van der Waals surface area contributed by atoms with Crippen LogP contribution >= 0.6 is 0 Å². The van der Waals surface area contributed by atoms with Crippen molar-refractivity contribution >= 4 is 6.29 Å². The Morgan fingerprint density at radius 2 is 1.81 bits per heavy atom. The van der Waals surface area contributed by atoms with Crippen molar-refractivity contribution in [3.8, 4) is 0 Å². The van der Waals surface area contributed by atoms with Gasteiger partial charge in [-0.05, 0) is 48.3 Å². The van der Waals surface area contributed by atoms with Crippen LogP contribution in [-0.4, -0.2) is 25.8 Å². The van der Waals surface area contributed by atoms with Crippen molar-refractivity contribution in [3.05, 3.63) is 0 Å². The summed E-state index contributed by atoms with van der Waals surface area (Å²) in [6, 6.07) is 0. The molecule has 0 amide bonds. The molecule has 120 valence electrons. The van der Waals surface area contributed by atoms with Crippen molar-refractivity contribution in [1.82, 2.24) is 0 Å². The molecule has 21 heavy (non-hydrogen) atoms. The van der Waals surface area contributed by atoms with Gasteiger partial charge in [0, 0.05) is 12.3 Å². The molecule has 3 heteroatoms. The highest BCUT2D eigenvalue weighted by Gasteiger charge is 2.54. The van der Waals surface area contributed by atoms with Crippen molar-refractivity contribution in [2.24, 2.45) is 28.6 Å². The summed E-state index contributed by atoms with van der Waals surface area (Å²) in [6.07, 6.45) is 8.24. The predicted octanol–water partition coefficient (Wildman–Crippen LogP) is 3.81. The van der Waals surface area contributed by atoms with Crippen LogP contribution < -0.4 is 0 Å². The third kappa shape index (κ3) is 2.68. The zero-order valence-corrected chi connectivity index (χ0v) is 13.8. The number of hydrogen-bond donors (Lipinski definition) is 0. The highest BCUT2D eigenvalue weighted by Crippen LogP contribution is 2.61. The Kier molecular flexibility index (Phi) is 4.17. The maximum atomic E-state index is 11.9. The van der Waals surface area contributed by atoms with Crippen LogP contribution in [0.3, 0.4) is 0 Å². The Morgan fingerprint density at radius 1 is 1.10 bits per heavy atom. The average Bonchev–Trinajstić information content (AvgIpc) is 2.90. The van der Waals surface area contributed by atoms with E-state index in [0.29, 0.717) is 30.5 Å². The molecular formula is C18H30O3. The molecule has 0 spiro atoms. The average molecular weight is 294 g/mol. The van der Waals surface area contributed by atoms with Gasteiger partial charge in [-0.15, -0.1) is 0 Å². The molecule has 3 aliphatic rings. The topological polar surface area (TPSA) is 35.5 Å². The van der Waals surface area contributed by atoms with E-state index in [1.807, 2.05) is 0 Å². The van der Waals surface area contributed by atoms with E-state index < -0.39 is 0 Å². The normalized spacial score (nSPS) is 43.5. The minimum Gasteiger partial charge on any atom is -0.350 e. The molecular weight excluding hydrogens is 264 g/mol. The summed E-state index contributed by atoms with van der Waals surface area (Å²) < 4.78 is 11.2. The summed E-state index contributed by atoms with van der Waals surface area (Å²) in [4.78, 5) is 11.9. The Labute approximate surface area is 128 Å². The predicted molar refractivity (Wildman–Crippen MR) is 81.8 cm³/mol. The van der Waals surface area contributed by atoms with Crippen LogP contribution in [-0.2, 0) is 14.3 Å². The Morgan fingerprint density at radius 3 is 2.48 bits per heavy atom. The van der Waals surface area contributed by atoms with Crippen molar-refractivity contribution in [2.75, 3.05) is 13.2 Å². The van der Waals surface area contributed by atoms with Gasteiger partial charge in [-0.1, -0.05) is 27.2 Å². The van der Waals surface area contributed by atoms with Gasteiger partial charge in [-0.3, -0.25) is 0 Å². The first-order valence-corrected chi connectivity index (χ1v) is 8.66. The van der Waals surface area contributed by atoms with Crippen LogP contribution in [0.5, 0.6) is 0 Å². The van der Waals surface area contributed by atoms with E-state index in [9.17, 15) is 4.79 Å². The summed E-state index contributed by atoms with van der Waals surface area (Å²) in [5.74, 6) is 1.28. The van der Waals surface area contributed by atoms with Gasteiger partial charge in [0.1, 0.15) is 6.29 Å². The standard InChI is InChI=1S/C18H30O3/c1-17(2)7-4-8-18(3)14(12-19)13(5-6-15(17)18)11-16-20-9-10-21-16/h12-16H,4-11H2,1-3H3/t13-,14?,15-,18+/m0/s1. The second kappa shape index (κ2) is 5.66. The van der Waals surface area contributed by atoms with E-state index in [1.165, 1.54) is 32.0 Å². The van der Waals surface area contributed by atoms with Crippen molar-refractivity contribution in [3.63, 3.8) is 0 Å². The Bertz CT molecular complexity index is 386. The molecule has 3 nitrogen and oxygen atoms in total. The monoisotopic (exact) mass is 294 g/mol. The number of aldehydes is 1. The fourth-order valence-electron chi connectivity index (χ4n) is 5.71. The molecule has 1 unspecified atom stereocenters. The zero-order chi connectivity index (χ0) is 15.1. The fraction of sp³-hybridized carbons (Fsp3) is 0.944. The van der Waals surface area contributed by atoms with Crippen LogP contribution in [0, 0.1) is 28.6 Å². The smallest absolute Gasteiger partial charge is 0.158 e. The number of hydrogen-bond acceptors (Lipinski definition) is 3. The molecule has 1 saturated heterocycles. The van der Waals surface area contributed by atoms with Crippen molar-refractivity contribution in [2.45, 2.75) is 65.6 Å². The summed E-state index contributed by atoms with van der Waals surface area (Å²) in [5.41, 5.74) is 0.546. The van der Waals surface area contributed by atoms with Gasteiger partial charge < -0.3 is 14.3 Å². The molecule has 3 fully saturated rings. The SMILES string of the molecule is CC1(C)CCC[C@]2(C)C(C=O)[C@H](CC3OCCO3)CC[C@@H]12. The molecule has 0 radical (unpaired) electrons. The van der Waals surface area contributed by atoms with E-state index in [2.05, 4.69) is 20.8 Å². The lowest BCUT2D eigenvalue weighted by atomic mass is 9.46. The second-order valence-corrected chi connectivity index (χ2v) is 8.31. The molecule has 1 heterocycles. The van der Waals surface area contributed by atoms with E-state index in [1.54, 1.807) is 0 Å². The first-order valence-electron chi connectivity index (χ1n) is 8.66. The molecule has 0 N–H and O–H groups in total. The van der Waals surface area contributed by atoms with Gasteiger partial charge in [-0.2, -0.15) is 0 Å². The Hall–Kier alpha value is -0.410. The van der Waals surface area contributed by atoms with E-state index >= 15 is 0 Å². The molecule has 2 saturated carbocycles. The molecule has 3 rings (SSSR count). The molecule has 0 aromatic carbocycles. The summed E-state index contributed by atoms with van der Waals surface area (Å²) in [6.45, 7) is 8.59. The quantitative estimate of drug-likeness (QED) is 0.743. The van der Waals surface area contributed by atoms with Gasteiger partial charge in [-0.25, -0.2) is 0 Å². The zero-order valence-electron chi connectivity index (χ0n) is 13.8. The first-order chi connectivity index (χ1) is 9.97. The number of ether oxygens (including phenoxy) is 2. The van der Waals surface area contributed by atoms with Gasteiger partial charge in [0.2, 0.25) is 0 Å². The molecule has 0 aromatic rings. The van der Waals surface area contributed by atoms with Crippen LogP contribution in [0.25, 0.3) is 0 Å². The third-order valence-electron chi connectivity index (χ3n) is 6.70. The highest BCUT2D eigenvalue weighted by atomic mass is 16.7. The first kappa shape index (κ1) is 15.5. The number of carbonyl (C=O) groups excluding carboxylic acids is 1. The lowest BCUT2D eigenvalue weighted by molar-refractivity contribution is -0.142. The van der Waals surface area contributed by atoms with Gasteiger partial charge in [0.25, 0.3) is 0 Å². The minimum atomic E-state index is -0.0748. The lowest BCUT2D eigenvalue weighted by Crippen LogP contribution is -2.52. The third-order valence-corrected chi connectivity index (χ3v) is 6.70. The molecule has 2 aliphatic carbocycles. The number of carbonyl (C=O) groups is 1. The molecule has 4 atom stereocenters. The summed E-state index contributed by atoms with van der Waals surface area (Å²) in [7, 11) is 0. The molecule has 0 bridgehead atoms. The fourth-order valence-corrected chi connectivity index (χ4v) is 5.71. The summed E-state index contributed by atoms with van der Waals surface area (Å²) in [5, 5.41) is 0. The van der Waals surface area contributed by atoms with Crippen molar-refractivity contribution < 1.29 is 14.3 Å². The largest absolute Gasteiger partial charge is 0.350 e. The van der Waals surface area contributed by atoms with E-state index in [0.717, 1.165) is 12.8 Å².